The summed E-state index contributed by atoms with van der Waals surface area (Å²) >= 11 is 0. The molecule has 2 N–H and O–H groups in total. The van der Waals surface area contributed by atoms with Gasteiger partial charge in [-0.1, -0.05) is 0 Å². The Balaban J connectivity index is 0.00000361. The molecule has 1 rings (SSSR count). The molecule has 0 bridgehead atoms. The Bertz CT molecular complexity index is 326. The number of nitrogens with zero attached hydrogens (tertiary/aromatic N) is 2. The van der Waals surface area contributed by atoms with Crippen LogP contribution in [0.2, 0.25) is 0 Å². The number of hydrogen-bond acceptors (Lipinski definition) is 2. The van der Waals surface area contributed by atoms with Crippen molar-refractivity contribution >= 4 is 29.9 Å². The monoisotopic (exact) mass is 408 g/mol. The molecule has 0 aliphatic carbocycles. The summed E-state index contributed by atoms with van der Waals surface area (Å²) in [5.41, 5.74) is -0.133. The fourth-order valence-corrected chi connectivity index (χ4v) is 2.05. The molecule has 1 aliphatic rings. The lowest BCUT2D eigenvalue weighted by molar-refractivity contribution is -0.143. The number of halogens is 4. The Morgan fingerprint density at radius 2 is 1.90 bits per heavy atom. The molecule has 120 valence electrons. The molecule has 0 spiro atoms. The maximum atomic E-state index is 12.3. The fourth-order valence-electron chi connectivity index (χ4n) is 2.05. The van der Waals surface area contributed by atoms with E-state index >= 15 is 0 Å². The molecule has 4 nitrogen and oxygen atoms in total. The van der Waals surface area contributed by atoms with E-state index in [4.69, 9.17) is 0 Å². The van der Waals surface area contributed by atoms with Gasteiger partial charge in [0.2, 0.25) is 0 Å². The van der Waals surface area contributed by atoms with Crippen molar-refractivity contribution in [2.24, 2.45) is 4.99 Å². The van der Waals surface area contributed by atoms with Crippen LogP contribution < -0.4 is 10.6 Å². The number of nitrogens with one attached hydrogen (secondary N) is 2. The Hall–Kier alpha value is -0.250. The molecule has 1 unspecified atom stereocenters. The minimum absolute atomic E-state index is 0. The van der Waals surface area contributed by atoms with Gasteiger partial charge in [0.05, 0.1) is 6.54 Å². The zero-order valence-corrected chi connectivity index (χ0v) is 14.7. The third kappa shape index (κ3) is 8.13. The number of hydrogen-bond donors (Lipinski definition) is 2. The molecule has 20 heavy (non-hydrogen) atoms. The zero-order chi connectivity index (χ0) is 14.7. The molecule has 1 atom stereocenters. The highest BCUT2D eigenvalue weighted by molar-refractivity contribution is 14.0. The number of alkyl halides is 3. The minimum atomic E-state index is -4.12. The molecule has 1 aliphatic heterocycles. The predicted octanol–water partition coefficient (Wildman–Crippen LogP) is 2.20. The van der Waals surface area contributed by atoms with Gasteiger partial charge in [0.1, 0.15) is 0 Å². The lowest BCUT2D eigenvalue weighted by Crippen LogP contribution is -2.51. The van der Waals surface area contributed by atoms with Crippen molar-refractivity contribution in [2.75, 3.05) is 26.7 Å². The first-order valence-corrected chi connectivity index (χ1v) is 6.40. The maximum absolute atomic E-state index is 12.3. The van der Waals surface area contributed by atoms with Crippen molar-refractivity contribution in [2.45, 2.75) is 44.9 Å². The number of aliphatic imine (C=N–C) groups is 1. The van der Waals surface area contributed by atoms with E-state index in [1.165, 1.54) is 4.90 Å². The Morgan fingerprint density at radius 3 is 2.35 bits per heavy atom. The first-order valence-electron chi connectivity index (χ1n) is 6.40. The van der Waals surface area contributed by atoms with E-state index in [0.717, 1.165) is 0 Å². The summed E-state index contributed by atoms with van der Waals surface area (Å²) in [6.07, 6.45) is -3.43. The summed E-state index contributed by atoms with van der Waals surface area (Å²) in [5.74, 6) is 0.631. The largest absolute Gasteiger partial charge is 0.401 e. The Kier molecular flexibility index (Phi) is 7.58. The van der Waals surface area contributed by atoms with Gasteiger partial charge >= 0.3 is 6.18 Å². The maximum Gasteiger partial charge on any atom is 0.401 e. The van der Waals surface area contributed by atoms with Gasteiger partial charge in [-0.25, -0.2) is 0 Å². The third-order valence-electron chi connectivity index (χ3n) is 2.73. The minimum Gasteiger partial charge on any atom is -0.352 e. The van der Waals surface area contributed by atoms with E-state index in [0.29, 0.717) is 25.5 Å². The molecular formula is C12H24F3IN4. The summed E-state index contributed by atoms with van der Waals surface area (Å²) in [6, 6.07) is 0.0101. The van der Waals surface area contributed by atoms with Crippen LogP contribution in [0.1, 0.15) is 27.2 Å². The van der Waals surface area contributed by atoms with Crippen molar-refractivity contribution < 1.29 is 13.2 Å². The number of guanidine groups is 1. The fraction of sp³-hybridized carbons (Fsp3) is 0.917. The van der Waals surface area contributed by atoms with Gasteiger partial charge in [-0.2, -0.15) is 13.2 Å². The van der Waals surface area contributed by atoms with Gasteiger partial charge < -0.3 is 10.6 Å². The van der Waals surface area contributed by atoms with Crippen LogP contribution in [0.15, 0.2) is 4.99 Å². The van der Waals surface area contributed by atoms with Gasteiger partial charge in [-0.05, 0) is 27.2 Å². The second-order valence-electron chi connectivity index (χ2n) is 5.93. The molecule has 0 saturated carbocycles. The standard InChI is InChI=1S/C12H23F3N4.HI/c1-11(2,3)18-10(16-4)17-9-5-6-19(7-9)8-12(13,14)15;/h9H,5-8H2,1-4H3,(H2,16,17,18);1H. The highest BCUT2D eigenvalue weighted by atomic mass is 127. The van der Waals surface area contributed by atoms with Gasteiger partial charge in [-0.15, -0.1) is 24.0 Å². The van der Waals surface area contributed by atoms with Crippen molar-refractivity contribution in [1.29, 1.82) is 0 Å². The highest BCUT2D eigenvalue weighted by Crippen LogP contribution is 2.19. The molecule has 1 heterocycles. The highest BCUT2D eigenvalue weighted by Gasteiger charge is 2.34. The average Bonchev–Trinajstić information content (AvgIpc) is 2.59. The summed E-state index contributed by atoms with van der Waals surface area (Å²) < 4.78 is 36.9. The Labute approximate surface area is 135 Å². The van der Waals surface area contributed by atoms with E-state index in [2.05, 4.69) is 15.6 Å². The van der Waals surface area contributed by atoms with Crippen LogP contribution in [-0.2, 0) is 0 Å². The first-order chi connectivity index (χ1) is 8.59. The molecule has 8 heteroatoms. The lowest BCUT2D eigenvalue weighted by Gasteiger charge is -2.26. The van der Waals surface area contributed by atoms with Crippen LogP contribution in [0.5, 0.6) is 0 Å². The molecular weight excluding hydrogens is 384 g/mol. The quantitative estimate of drug-likeness (QED) is 0.418. The van der Waals surface area contributed by atoms with Crippen LogP contribution in [0.3, 0.4) is 0 Å². The SMILES string of the molecule is CN=C(NC1CCN(CC(F)(F)F)C1)NC(C)(C)C.I. The summed E-state index contributed by atoms with van der Waals surface area (Å²) in [5, 5.41) is 6.36. The second-order valence-corrected chi connectivity index (χ2v) is 5.93. The van der Waals surface area contributed by atoms with E-state index in [1.807, 2.05) is 20.8 Å². The molecule has 0 radical (unpaired) electrons. The van der Waals surface area contributed by atoms with Crippen molar-refractivity contribution in [3.05, 3.63) is 0 Å². The van der Waals surface area contributed by atoms with E-state index < -0.39 is 12.7 Å². The second kappa shape index (κ2) is 7.67. The molecule has 0 aromatic rings. The summed E-state index contributed by atoms with van der Waals surface area (Å²) in [6.45, 7) is 6.03. The zero-order valence-electron chi connectivity index (χ0n) is 12.3. The van der Waals surface area contributed by atoms with Gasteiger partial charge in [0, 0.05) is 31.7 Å². The predicted molar refractivity (Wildman–Crippen MR) is 85.7 cm³/mol. The van der Waals surface area contributed by atoms with Crippen LogP contribution in [0.25, 0.3) is 0 Å². The van der Waals surface area contributed by atoms with Crippen molar-refractivity contribution in [3.8, 4) is 0 Å². The van der Waals surface area contributed by atoms with Gasteiger partial charge in [0.25, 0.3) is 0 Å². The molecule has 1 fully saturated rings. The average molecular weight is 408 g/mol. The van der Waals surface area contributed by atoms with Crippen LogP contribution >= 0.6 is 24.0 Å². The van der Waals surface area contributed by atoms with Crippen molar-refractivity contribution in [1.82, 2.24) is 15.5 Å². The van der Waals surface area contributed by atoms with Crippen LogP contribution in [-0.4, -0.2) is 55.3 Å². The summed E-state index contributed by atoms with van der Waals surface area (Å²) in [4.78, 5) is 5.51. The van der Waals surface area contributed by atoms with Crippen LogP contribution in [0, 0.1) is 0 Å². The smallest absolute Gasteiger partial charge is 0.352 e. The molecule has 0 aromatic heterocycles. The van der Waals surface area contributed by atoms with Crippen LogP contribution in [0.4, 0.5) is 13.2 Å². The lowest BCUT2D eigenvalue weighted by atomic mass is 10.1. The summed E-state index contributed by atoms with van der Waals surface area (Å²) in [7, 11) is 1.66. The van der Waals surface area contributed by atoms with E-state index in [1.54, 1.807) is 7.05 Å². The third-order valence-corrected chi connectivity index (χ3v) is 2.73. The molecule has 0 aromatic carbocycles. The first kappa shape index (κ1) is 19.8. The van der Waals surface area contributed by atoms with E-state index in [9.17, 15) is 13.2 Å². The van der Waals surface area contributed by atoms with Gasteiger partial charge in [-0.3, -0.25) is 9.89 Å². The van der Waals surface area contributed by atoms with Gasteiger partial charge in [0.15, 0.2) is 5.96 Å². The topological polar surface area (TPSA) is 39.7 Å². The molecule has 0 amide bonds. The molecule has 1 saturated heterocycles. The number of rotatable bonds is 2. The van der Waals surface area contributed by atoms with E-state index in [-0.39, 0.29) is 35.6 Å². The normalized spacial score (nSPS) is 21.6. The number of likely N-dealkylation sites (tertiary alicyclic amines) is 1. The Morgan fingerprint density at radius 1 is 1.30 bits per heavy atom. The van der Waals surface area contributed by atoms with Crippen molar-refractivity contribution in [3.63, 3.8) is 0 Å².